The molecule has 0 aliphatic heterocycles. The van der Waals surface area contributed by atoms with E-state index in [0.29, 0.717) is 0 Å². The van der Waals surface area contributed by atoms with Crippen LogP contribution >= 0.6 is 11.3 Å². The number of thiophene rings is 1. The van der Waals surface area contributed by atoms with Crippen LogP contribution in [0.15, 0.2) is 12.1 Å². The minimum Gasteiger partial charge on any atom is -0.376 e. The first kappa shape index (κ1) is 12.5. The second kappa shape index (κ2) is 4.14. The smallest absolute Gasteiger partial charge is 0.376 e. The maximum Gasteiger partial charge on any atom is 0.421 e. The van der Waals surface area contributed by atoms with E-state index in [4.69, 9.17) is 0 Å². The number of aryl methyl sites for hydroxylation is 1. The molecule has 15 heavy (non-hydrogen) atoms. The van der Waals surface area contributed by atoms with Crippen LogP contribution in [0, 0.1) is 0 Å². The van der Waals surface area contributed by atoms with Gasteiger partial charge in [-0.05, 0) is 25.5 Å². The van der Waals surface area contributed by atoms with E-state index in [1.165, 1.54) is 6.07 Å². The molecule has 1 nitrogen and oxygen atoms in total. The van der Waals surface area contributed by atoms with Crippen LogP contribution in [0.5, 0.6) is 0 Å². The SMILES string of the molecule is CCCc1ccc(C(C)(O)C(F)(F)F)s1. The van der Waals surface area contributed by atoms with Crippen LogP contribution in [-0.2, 0) is 12.0 Å². The van der Waals surface area contributed by atoms with Crippen molar-refractivity contribution in [2.75, 3.05) is 0 Å². The third-order valence-corrected chi connectivity index (χ3v) is 3.55. The molecule has 1 aromatic rings. The standard InChI is InChI=1S/C10H13F3OS/c1-3-4-7-5-6-8(15-7)9(2,14)10(11,12)13/h5-6,14H,3-4H2,1-2H3. The van der Waals surface area contributed by atoms with Gasteiger partial charge in [0.2, 0.25) is 0 Å². The number of alkyl halides is 3. The second-order valence-electron chi connectivity index (χ2n) is 3.59. The molecule has 5 heteroatoms. The van der Waals surface area contributed by atoms with Crippen molar-refractivity contribution in [1.82, 2.24) is 0 Å². The second-order valence-corrected chi connectivity index (χ2v) is 4.75. The average molecular weight is 238 g/mol. The summed E-state index contributed by atoms with van der Waals surface area (Å²) >= 11 is 1.02. The number of rotatable bonds is 3. The summed E-state index contributed by atoms with van der Waals surface area (Å²) in [6.45, 7) is 2.75. The van der Waals surface area contributed by atoms with Crippen molar-refractivity contribution in [2.24, 2.45) is 0 Å². The van der Waals surface area contributed by atoms with E-state index >= 15 is 0 Å². The fraction of sp³-hybridized carbons (Fsp3) is 0.600. The summed E-state index contributed by atoms with van der Waals surface area (Å²) in [5, 5.41) is 9.39. The fourth-order valence-electron chi connectivity index (χ4n) is 1.16. The summed E-state index contributed by atoms with van der Waals surface area (Å²) in [6, 6.07) is 2.99. The molecule has 0 radical (unpaired) electrons. The topological polar surface area (TPSA) is 20.2 Å². The van der Waals surface area contributed by atoms with E-state index in [1.807, 2.05) is 6.92 Å². The van der Waals surface area contributed by atoms with Gasteiger partial charge in [0.15, 0.2) is 5.60 Å². The summed E-state index contributed by atoms with van der Waals surface area (Å²) in [6.07, 6.45) is -2.99. The first-order valence-electron chi connectivity index (χ1n) is 4.67. The van der Waals surface area contributed by atoms with Gasteiger partial charge in [-0.25, -0.2) is 0 Å². The third-order valence-electron chi connectivity index (χ3n) is 2.19. The summed E-state index contributed by atoms with van der Waals surface area (Å²) in [5.74, 6) is 0. The van der Waals surface area contributed by atoms with E-state index in [-0.39, 0.29) is 4.88 Å². The predicted molar refractivity (Wildman–Crippen MR) is 53.9 cm³/mol. The average Bonchev–Trinajstić information content (AvgIpc) is 2.51. The third kappa shape index (κ3) is 2.52. The molecule has 0 saturated carbocycles. The Morgan fingerprint density at radius 2 is 1.93 bits per heavy atom. The highest BCUT2D eigenvalue weighted by Gasteiger charge is 2.51. The zero-order valence-corrected chi connectivity index (χ0v) is 9.37. The lowest BCUT2D eigenvalue weighted by Gasteiger charge is -2.24. The van der Waals surface area contributed by atoms with Crippen LogP contribution in [0.2, 0.25) is 0 Å². The lowest BCUT2D eigenvalue weighted by molar-refractivity contribution is -0.257. The monoisotopic (exact) mass is 238 g/mol. The van der Waals surface area contributed by atoms with Crippen LogP contribution in [0.1, 0.15) is 30.0 Å². The Hall–Kier alpha value is -0.550. The largest absolute Gasteiger partial charge is 0.421 e. The quantitative estimate of drug-likeness (QED) is 0.854. The van der Waals surface area contributed by atoms with Crippen molar-refractivity contribution in [2.45, 2.75) is 38.5 Å². The molecule has 0 spiro atoms. The molecule has 1 heterocycles. The van der Waals surface area contributed by atoms with E-state index in [1.54, 1.807) is 6.07 Å². The van der Waals surface area contributed by atoms with Crippen LogP contribution in [0.25, 0.3) is 0 Å². The molecule has 0 saturated heterocycles. The van der Waals surface area contributed by atoms with E-state index in [0.717, 1.165) is 36.0 Å². The van der Waals surface area contributed by atoms with Crippen LogP contribution in [-0.4, -0.2) is 11.3 Å². The van der Waals surface area contributed by atoms with Gasteiger partial charge in [-0.2, -0.15) is 13.2 Å². The summed E-state index contributed by atoms with van der Waals surface area (Å²) in [4.78, 5) is 0.829. The van der Waals surface area contributed by atoms with Gasteiger partial charge in [0.25, 0.3) is 0 Å². The highest BCUT2D eigenvalue weighted by molar-refractivity contribution is 7.12. The van der Waals surface area contributed by atoms with Gasteiger partial charge < -0.3 is 5.11 Å². The lowest BCUT2D eigenvalue weighted by atomic mass is 10.1. The van der Waals surface area contributed by atoms with Gasteiger partial charge in [-0.1, -0.05) is 13.3 Å². The van der Waals surface area contributed by atoms with E-state index in [9.17, 15) is 18.3 Å². The Bertz CT molecular complexity index is 328. The Kier molecular flexibility index (Phi) is 3.45. The molecule has 1 unspecified atom stereocenters. The van der Waals surface area contributed by atoms with Gasteiger partial charge in [0.1, 0.15) is 0 Å². The highest BCUT2D eigenvalue weighted by Crippen LogP contribution is 2.41. The number of halogens is 3. The normalized spacial score (nSPS) is 16.4. The molecule has 0 amide bonds. The van der Waals surface area contributed by atoms with Crippen molar-refractivity contribution in [3.63, 3.8) is 0 Å². The lowest BCUT2D eigenvalue weighted by Crippen LogP contribution is -2.38. The van der Waals surface area contributed by atoms with Crippen molar-refractivity contribution in [3.05, 3.63) is 21.9 Å². The van der Waals surface area contributed by atoms with E-state index in [2.05, 4.69) is 0 Å². The van der Waals surface area contributed by atoms with Crippen LogP contribution < -0.4 is 0 Å². The Morgan fingerprint density at radius 1 is 1.33 bits per heavy atom. The van der Waals surface area contributed by atoms with Crippen molar-refractivity contribution < 1.29 is 18.3 Å². The molecule has 86 valence electrons. The molecular weight excluding hydrogens is 225 g/mol. The van der Waals surface area contributed by atoms with Crippen LogP contribution in [0.3, 0.4) is 0 Å². The molecule has 0 aromatic carbocycles. The van der Waals surface area contributed by atoms with Gasteiger partial charge in [0.05, 0.1) is 0 Å². The molecule has 1 aromatic heterocycles. The number of hydrogen-bond donors (Lipinski definition) is 1. The number of aliphatic hydroxyl groups is 1. The molecular formula is C10H13F3OS. The molecule has 1 atom stereocenters. The van der Waals surface area contributed by atoms with Crippen LogP contribution in [0.4, 0.5) is 13.2 Å². The Labute approximate surface area is 90.6 Å². The Morgan fingerprint density at radius 3 is 2.40 bits per heavy atom. The van der Waals surface area contributed by atoms with Gasteiger partial charge in [-0.3, -0.25) is 0 Å². The Balaban J connectivity index is 2.95. The van der Waals surface area contributed by atoms with Gasteiger partial charge >= 0.3 is 6.18 Å². The maximum absolute atomic E-state index is 12.5. The first-order chi connectivity index (χ1) is 6.79. The fourth-order valence-corrected chi connectivity index (χ4v) is 2.34. The summed E-state index contributed by atoms with van der Waals surface area (Å²) < 4.78 is 37.4. The molecule has 1 rings (SSSR count). The zero-order valence-electron chi connectivity index (χ0n) is 8.56. The van der Waals surface area contributed by atoms with Gasteiger partial charge in [-0.15, -0.1) is 11.3 Å². The van der Waals surface area contributed by atoms with E-state index < -0.39 is 11.8 Å². The summed E-state index contributed by atoms with van der Waals surface area (Å²) in [5.41, 5.74) is -2.73. The number of hydrogen-bond acceptors (Lipinski definition) is 2. The van der Waals surface area contributed by atoms with Crippen molar-refractivity contribution in [1.29, 1.82) is 0 Å². The minimum absolute atomic E-state index is 0.0431. The summed E-state index contributed by atoms with van der Waals surface area (Å²) in [7, 11) is 0. The predicted octanol–water partition coefficient (Wildman–Crippen LogP) is 3.47. The van der Waals surface area contributed by atoms with Crippen molar-refractivity contribution >= 4 is 11.3 Å². The first-order valence-corrected chi connectivity index (χ1v) is 5.49. The molecule has 0 aliphatic carbocycles. The molecule has 0 aliphatic rings. The molecule has 0 bridgehead atoms. The minimum atomic E-state index is -4.62. The maximum atomic E-state index is 12.5. The molecule has 0 fully saturated rings. The highest BCUT2D eigenvalue weighted by atomic mass is 32.1. The zero-order chi connectivity index (χ0) is 11.7. The molecule has 1 N–H and O–H groups in total. The van der Waals surface area contributed by atoms with Crippen molar-refractivity contribution in [3.8, 4) is 0 Å². The van der Waals surface area contributed by atoms with Gasteiger partial charge in [0, 0.05) is 9.75 Å².